The molecule has 0 bridgehead atoms. The van der Waals surface area contributed by atoms with Crippen LogP contribution in [0.15, 0.2) is 48.5 Å². The third kappa shape index (κ3) is 9.30. The maximum Gasteiger partial charge on any atom is 0.276 e. The number of amides is 3. The van der Waals surface area contributed by atoms with E-state index in [1.165, 1.54) is 0 Å². The zero-order valence-corrected chi connectivity index (χ0v) is 19.3. The van der Waals surface area contributed by atoms with Crippen LogP contribution in [0.4, 0.5) is 0 Å². The maximum atomic E-state index is 12.5. The van der Waals surface area contributed by atoms with Crippen molar-refractivity contribution >= 4 is 29.5 Å². The van der Waals surface area contributed by atoms with Crippen molar-refractivity contribution in [3.63, 3.8) is 0 Å². The van der Waals surface area contributed by atoms with Crippen LogP contribution in [0.1, 0.15) is 17.5 Å². The molecule has 0 aliphatic carbocycles. The molecule has 1 atom stereocenters. The summed E-state index contributed by atoms with van der Waals surface area (Å²) in [6, 6.07) is 13.8. The van der Waals surface area contributed by atoms with Gasteiger partial charge in [0, 0.05) is 0 Å². The van der Waals surface area contributed by atoms with E-state index in [0.29, 0.717) is 23.7 Å². The number of carbonyl (C=O) groups is 3. The number of hydrogen-bond donors (Lipinski definition) is 3. The van der Waals surface area contributed by atoms with Gasteiger partial charge in [0.1, 0.15) is 17.5 Å². The quantitative estimate of drug-likeness (QED) is 0.445. The molecule has 9 heteroatoms. The third-order valence-electron chi connectivity index (χ3n) is 4.27. The average Bonchev–Trinajstić information content (AvgIpc) is 2.77. The standard InChI is InChI=1S/C23H29N3O5S/c1-16-11-17(2)13-19(12-16)31-15-22(28)25-26-23(29)20(9-10-32-3)24-21(27)14-30-18-7-5-4-6-8-18/h4-8,11-13,20H,9-10,14-15H2,1-3H3,(H,24,27)(H,25,28)(H,26,29). The van der Waals surface area contributed by atoms with E-state index in [1.807, 2.05) is 44.4 Å². The third-order valence-corrected chi connectivity index (χ3v) is 4.91. The maximum absolute atomic E-state index is 12.5. The van der Waals surface area contributed by atoms with Crippen molar-refractivity contribution in [2.75, 3.05) is 25.2 Å². The van der Waals surface area contributed by atoms with Gasteiger partial charge >= 0.3 is 0 Å². The molecule has 0 aliphatic heterocycles. The largest absolute Gasteiger partial charge is 0.484 e. The minimum absolute atomic E-state index is 0.219. The second-order valence-corrected chi connectivity index (χ2v) is 8.14. The number of aryl methyl sites for hydroxylation is 2. The molecule has 2 rings (SSSR count). The topological polar surface area (TPSA) is 106 Å². The summed E-state index contributed by atoms with van der Waals surface area (Å²) in [7, 11) is 0. The Morgan fingerprint density at radius 3 is 2.16 bits per heavy atom. The lowest BCUT2D eigenvalue weighted by molar-refractivity contribution is -0.133. The molecule has 3 amide bonds. The lowest BCUT2D eigenvalue weighted by Gasteiger charge is -2.18. The van der Waals surface area contributed by atoms with E-state index in [1.54, 1.807) is 36.0 Å². The molecular formula is C23H29N3O5S. The van der Waals surface area contributed by atoms with Gasteiger partial charge in [0.2, 0.25) is 0 Å². The predicted octanol–water partition coefficient (Wildman–Crippen LogP) is 2.15. The van der Waals surface area contributed by atoms with Gasteiger partial charge in [-0.2, -0.15) is 11.8 Å². The second kappa shape index (κ2) is 13.3. The van der Waals surface area contributed by atoms with Gasteiger partial charge in [0.05, 0.1) is 0 Å². The summed E-state index contributed by atoms with van der Waals surface area (Å²) >= 11 is 1.55. The highest BCUT2D eigenvalue weighted by atomic mass is 32.2. The van der Waals surface area contributed by atoms with Crippen LogP contribution < -0.4 is 25.6 Å². The summed E-state index contributed by atoms with van der Waals surface area (Å²) in [6.45, 7) is 3.40. The Kier molecular flexibility index (Phi) is 10.4. The summed E-state index contributed by atoms with van der Waals surface area (Å²) in [5.41, 5.74) is 6.71. The SMILES string of the molecule is CSCCC(NC(=O)COc1ccccc1)C(=O)NNC(=O)COc1cc(C)cc(C)c1. The van der Waals surface area contributed by atoms with Crippen LogP contribution in [0, 0.1) is 13.8 Å². The number of hydrazine groups is 1. The Morgan fingerprint density at radius 1 is 0.875 bits per heavy atom. The van der Waals surface area contributed by atoms with Crippen LogP contribution >= 0.6 is 11.8 Å². The fraction of sp³-hybridized carbons (Fsp3) is 0.348. The smallest absolute Gasteiger partial charge is 0.276 e. The summed E-state index contributed by atoms with van der Waals surface area (Å²) in [5.74, 6) is 0.324. The van der Waals surface area contributed by atoms with E-state index in [2.05, 4.69) is 16.2 Å². The second-order valence-electron chi connectivity index (χ2n) is 7.15. The monoisotopic (exact) mass is 459 g/mol. The normalized spacial score (nSPS) is 11.2. The molecule has 0 radical (unpaired) electrons. The molecule has 3 N–H and O–H groups in total. The Labute approximate surface area is 192 Å². The molecule has 0 saturated heterocycles. The summed E-state index contributed by atoms with van der Waals surface area (Å²) in [6.07, 6.45) is 2.31. The molecule has 0 heterocycles. The molecule has 0 aliphatic rings. The number of hydrogen-bond acceptors (Lipinski definition) is 6. The zero-order chi connectivity index (χ0) is 23.3. The fourth-order valence-corrected chi connectivity index (χ4v) is 3.30. The number of nitrogens with one attached hydrogen (secondary N) is 3. The molecule has 2 aromatic rings. The van der Waals surface area contributed by atoms with Crippen molar-refractivity contribution in [1.82, 2.24) is 16.2 Å². The highest BCUT2D eigenvalue weighted by Gasteiger charge is 2.21. The van der Waals surface area contributed by atoms with Crippen molar-refractivity contribution in [3.8, 4) is 11.5 Å². The number of carbonyl (C=O) groups excluding carboxylic acids is 3. The number of para-hydroxylation sites is 1. The van der Waals surface area contributed by atoms with Crippen molar-refractivity contribution in [2.24, 2.45) is 0 Å². The molecule has 0 saturated carbocycles. The molecular weight excluding hydrogens is 430 g/mol. The van der Waals surface area contributed by atoms with Gasteiger partial charge in [-0.3, -0.25) is 25.2 Å². The van der Waals surface area contributed by atoms with Crippen LogP contribution in [-0.4, -0.2) is 49.0 Å². The first-order valence-corrected chi connectivity index (χ1v) is 11.5. The van der Waals surface area contributed by atoms with Crippen molar-refractivity contribution < 1.29 is 23.9 Å². The summed E-state index contributed by atoms with van der Waals surface area (Å²) in [5, 5.41) is 2.64. The number of rotatable bonds is 11. The van der Waals surface area contributed by atoms with E-state index >= 15 is 0 Å². The molecule has 0 spiro atoms. The number of benzene rings is 2. The average molecular weight is 460 g/mol. The van der Waals surface area contributed by atoms with Gasteiger partial charge in [-0.25, -0.2) is 0 Å². The Morgan fingerprint density at radius 2 is 1.50 bits per heavy atom. The van der Waals surface area contributed by atoms with Crippen molar-refractivity contribution in [1.29, 1.82) is 0 Å². The van der Waals surface area contributed by atoms with Crippen LogP contribution in [-0.2, 0) is 14.4 Å². The Bertz CT molecular complexity index is 888. The first kappa shape index (κ1) is 25.1. The van der Waals surface area contributed by atoms with E-state index in [-0.39, 0.29) is 13.2 Å². The van der Waals surface area contributed by atoms with E-state index in [9.17, 15) is 14.4 Å². The van der Waals surface area contributed by atoms with Gasteiger partial charge in [-0.15, -0.1) is 0 Å². The van der Waals surface area contributed by atoms with E-state index in [0.717, 1.165) is 11.1 Å². The Balaban J connectivity index is 1.80. The van der Waals surface area contributed by atoms with Crippen LogP contribution in [0.3, 0.4) is 0 Å². The fourth-order valence-electron chi connectivity index (χ4n) is 2.83. The lowest BCUT2D eigenvalue weighted by Crippen LogP contribution is -2.53. The van der Waals surface area contributed by atoms with Crippen molar-refractivity contribution in [3.05, 3.63) is 59.7 Å². The Hall–Kier alpha value is -3.20. The van der Waals surface area contributed by atoms with Crippen LogP contribution in [0.2, 0.25) is 0 Å². The van der Waals surface area contributed by atoms with E-state index < -0.39 is 23.8 Å². The molecule has 32 heavy (non-hydrogen) atoms. The molecule has 172 valence electrons. The predicted molar refractivity (Wildman–Crippen MR) is 125 cm³/mol. The molecule has 2 aromatic carbocycles. The van der Waals surface area contributed by atoms with E-state index in [4.69, 9.17) is 9.47 Å². The number of ether oxygens (including phenoxy) is 2. The van der Waals surface area contributed by atoms with Crippen LogP contribution in [0.5, 0.6) is 11.5 Å². The number of thioether (sulfide) groups is 1. The first-order valence-electron chi connectivity index (χ1n) is 10.1. The minimum Gasteiger partial charge on any atom is -0.484 e. The van der Waals surface area contributed by atoms with Gasteiger partial charge in [-0.05, 0) is 67.7 Å². The molecule has 1 unspecified atom stereocenters. The van der Waals surface area contributed by atoms with Crippen molar-refractivity contribution in [2.45, 2.75) is 26.3 Å². The molecule has 0 fully saturated rings. The van der Waals surface area contributed by atoms with Gasteiger partial charge in [0.25, 0.3) is 17.7 Å². The first-order chi connectivity index (χ1) is 15.4. The highest BCUT2D eigenvalue weighted by Crippen LogP contribution is 2.15. The lowest BCUT2D eigenvalue weighted by atomic mass is 10.1. The minimum atomic E-state index is -0.810. The summed E-state index contributed by atoms with van der Waals surface area (Å²) in [4.78, 5) is 36.8. The summed E-state index contributed by atoms with van der Waals surface area (Å²) < 4.78 is 10.9. The van der Waals surface area contributed by atoms with Gasteiger partial charge < -0.3 is 14.8 Å². The molecule has 0 aromatic heterocycles. The molecule has 8 nitrogen and oxygen atoms in total. The highest BCUT2D eigenvalue weighted by molar-refractivity contribution is 7.98. The van der Waals surface area contributed by atoms with Gasteiger partial charge in [0.15, 0.2) is 13.2 Å². The zero-order valence-electron chi connectivity index (χ0n) is 18.5. The van der Waals surface area contributed by atoms with Gasteiger partial charge in [-0.1, -0.05) is 24.3 Å². The van der Waals surface area contributed by atoms with Crippen LogP contribution in [0.25, 0.3) is 0 Å².